The highest BCUT2D eigenvalue weighted by molar-refractivity contribution is 5.95. The van der Waals surface area contributed by atoms with Crippen molar-refractivity contribution in [1.82, 2.24) is 0 Å². The van der Waals surface area contributed by atoms with Crippen LogP contribution in [0.25, 0.3) is 11.1 Å². The van der Waals surface area contributed by atoms with Gasteiger partial charge < -0.3 is 0 Å². The van der Waals surface area contributed by atoms with E-state index in [-0.39, 0.29) is 5.78 Å². The van der Waals surface area contributed by atoms with Gasteiger partial charge in [0.25, 0.3) is 0 Å². The van der Waals surface area contributed by atoms with Crippen LogP contribution in [0.15, 0.2) is 42.5 Å². The van der Waals surface area contributed by atoms with Crippen molar-refractivity contribution in [2.45, 2.75) is 20.8 Å². The van der Waals surface area contributed by atoms with E-state index in [1.807, 2.05) is 24.3 Å². The summed E-state index contributed by atoms with van der Waals surface area (Å²) >= 11 is 0. The molecule has 2 rings (SSSR count). The molecule has 0 spiro atoms. The van der Waals surface area contributed by atoms with Gasteiger partial charge in [-0.25, -0.2) is 0 Å². The summed E-state index contributed by atoms with van der Waals surface area (Å²) < 4.78 is 0. The van der Waals surface area contributed by atoms with E-state index in [0.29, 0.717) is 0 Å². The molecule has 0 aliphatic carbocycles. The van der Waals surface area contributed by atoms with Crippen LogP contribution in [0, 0.1) is 13.8 Å². The lowest BCUT2D eigenvalue weighted by Crippen LogP contribution is -1.93. The summed E-state index contributed by atoms with van der Waals surface area (Å²) in [4.78, 5) is 11.4. The van der Waals surface area contributed by atoms with Gasteiger partial charge in [-0.3, -0.25) is 4.79 Å². The maximum atomic E-state index is 11.4. The van der Waals surface area contributed by atoms with Crippen LogP contribution in [-0.2, 0) is 0 Å². The number of hydrogen-bond donors (Lipinski definition) is 0. The van der Waals surface area contributed by atoms with Crippen LogP contribution in [0.2, 0.25) is 0 Å². The topological polar surface area (TPSA) is 17.1 Å². The van der Waals surface area contributed by atoms with Crippen molar-refractivity contribution in [2.75, 3.05) is 0 Å². The highest BCUT2D eigenvalue weighted by Crippen LogP contribution is 2.26. The number of ketones is 1. The second-order valence-electron chi connectivity index (χ2n) is 4.38. The molecule has 0 saturated heterocycles. The van der Waals surface area contributed by atoms with Crippen molar-refractivity contribution in [2.24, 2.45) is 0 Å². The minimum atomic E-state index is 0.108. The van der Waals surface area contributed by atoms with E-state index in [1.165, 1.54) is 16.7 Å². The molecule has 0 fully saturated rings. The highest BCUT2D eigenvalue weighted by atomic mass is 16.1. The SMILES string of the molecule is CC(=O)c1cccc(-c2cccc(C)c2C)c1. The summed E-state index contributed by atoms with van der Waals surface area (Å²) in [5, 5.41) is 0. The average Bonchev–Trinajstić information content (AvgIpc) is 2.33. The van der Waals surface area contributed by atoms with Crippen molar-refractivity contribution in [3.05, 3.63) is 59.2 Å². The van der Waals surface area contributed by atoms with Crippen LogP contribution in [-0.4, -0.2) is 5.78 Å². The Morgan fingerprint density at radius 3 is 2.41 bits per heavy atom. The molecule has 2 aromatic rings. The summed E-state index contributed by atoms with van der Waals surface area (Å²) in [6.07, 6.45) is 0. The van der Waals surface area contributed by atoms with Crippen molar-refractivity contribution in [3.63, 3.8) is 0 Å². The molecule has 0 aliphatic rings. The number of benzene rings is 2. The summed E-state index contributed by atoms with van der Waals surface area (Å²) in [6, 6.07) is 14.1. The molecular weight excluding hydrogens is 208 g/mol. The predicted molar refractivity (Wildman–Crippen MR) is 71.4 cm³/mol. The first-order chi connectivity index (χ1) is 8.09. The summed E-state index contributed by atoms with van der Waals surface area (Å²) in [5.41, 5.74) is 5.62. The molecule has 0 unspecified atom stereocenters. The second-order valence-corrected chi connectivity index (χ2v) is 4.38. The Morgan fingerprint density at radius 1 is 1.00 bits per heavy atom. The lowest BCUT2D eigenvalue weighted by atomic mass is 9.95. The van der Waals surface area contributed by atoms with Gasteiger partial charge in [0.15, 0.2) is 5.78 Å². The number of carbonyl (C=O) groups excluding carboxylic acids is 1. The Kier molecular flexibility index (Phi) is 3.10. The van der Waals surface area contributed by atoms with Gasteiger partial charge in [-0.05, 0) is 49.1 Å². The van der Waals surface area contributed by atoms with E-state index in [9.17, 15) is 4.79 Å². The minimum Gasteiger partial charge on any atom is -0.295 e. The summed E-state index contributed by atoms with van der Waals surface area (Å²) in [5.74, 6) is 0.108. The Hall–Kier alpha value is -1.89. The zero-order valence-electron chi connectivity index (χ0n) is 10.4. The first kappa shape index (κ1) is 11.6. The van der Waals surface area contributed by atoms with Gasteiger partial charge >= 0.3 is 0 Å². The smallest absolute Gasteiger partial charge is 0.159 e. The summed E-state index contributed by atoms with van der Waals surface area (Å²) in [6.45, 7) is 5.82. The monoisotopic (exact) mass is 224 g/mol. The zero-order chi connectivity index (χ0) is 12.4. The molecule has 0 saturated carbocycles. The fourth-order valence-corrected chi connectivity index (χ4v) is 1.97. The number of Topliss-reactive ketones (excluding diaryl/α,β-unsaturated/α-hetero) is 1. The zero-order valence-corrected chi connectivity index (χ0v) is 10.4. The number of rotatable bonds is 2. The molecule has 0 atom stereocenters. The Labute approximate surface area is 102 Å². The van der Waals surface area contributed by atoms with Crippen molar-refractivity contribution in [3.8, 4) is 11.1 Å². The third-order valence-electron chi connectivity index (χ3n) is 3.18. The fraction of sp³-hybridized carbons (Fsp3) is 0.188. The maximum absolute atomic E-state index is 11.4. The van der Waals surface area contributed by atoms with Gasteiger partial charge in [-0.2, -0.15) is 0 Å². The number of hydrogen-bond acceptors (Lipinski definition) is 1. The largest absolute Gasteiger partial charge is 0.295 e. The van der Waals surface area contributed by atoms with Crippen LogP contribution in [0.1, 0.15) is 28.4 Å². The van der Waals surface area contributed by atoms with Crippen LogP contribution in [0.4, 0.5) is 0 Å². The fourth-order valence-electron chi connectivity index (χ4n) is 1.97. The van der Waals surface area contributed by atoms with Crippen LogP contribution in [0.5, 0.6) is 0 Å². The Bertz CT molecular complexity index is 567. The second kappa shape index (κ2) is 4.54. The maximum Gasteiger partial charge on any atom is 0.159 e. The molecule has 0 aliphatic heterocycles. The van der Waals surface area contributed by atoms with Crippen LogP contribution in [0.3, 0.4) is 0 Å². The Morgan fingerprint density at radius 2 is 1.71 bits per heavy atom. The lowest BCUT2D eigenvalue weighted by molar-refractivity contribution is 0.101. The molecule has 0 bridgehead atoms. The predicted octanol–water partition coefficient (Wildman–Crippen LogP) is 4.17. The van der Waals surface area contributed by atoms with E-state index < -0.39 is 0 Å². The van der Waals surface area contributed by atoms with Crippen molar-refractivity contribution >= 4 is 5.78 Å². The molecule has 0 heterocycles. The minimum absolute atomic E-state index is 0.108. The molecule has 0 radical (unpaired) electrons. The first-order valence-corrected chi connectivity index (χ1v) is 5.77. The van der Waals surface area contributed by atoms with E-state index >= 15 is 0 Å². The molecule has 0 N–H and O–H groups in total. The number of aryl methyl sites for hydroxylation is 1. The van der Waals surface area contributed by atoms with Crippen molar-refractivity contribution in [1.29, 1.82) is 0 Å². The molecule has 0 aromatic heterocycles. The quantitative estimate of drug-likeness (QED) is 0.699. The highest BCUT2D eigenvalue weighted by Gasteiger charge is 2.05. The molecule has 0 amide bonds. The van der Waals surface area contributed by atoms with Crippen LogP contribution < -0.4 is 0 Å². The van der Waals surface area contributed by atoms with Crippen LogP contribution >= 0.6 is 0 Å². The lowest BCUT2D eigenvalue weighted by Gasteiger charge is -2.09. The van der Waals surface area contributed by atoms with E-state index in [2.05, 4.69) is 32.0 Å². The average molecular weight is 224 g/mol. The van der Waals surface area contributed by atoms with Gasteiger partial charge in [0.2, 0.25) is 0 Å². The third kappa shape index (κ3) is 2.28. The summed E-state index contributed by atoms with van der Waals surface area (Å²) in [7, 11) is 0. The Balaban J connectivity index is 2.57. The molecule has 86 valence electrons. The number of carbonyl (C=O) groups is 1. The van der Waals surface area contributed by atoms with Gasteiger partial charge in [0.1, 0.15) is 0 Å². The molecule has 1 heteroatoms. The normalized spacial score (nSPS) is 10.3. The molecule has 2 aromatic carbocycles. The van der Waals surface area contributed by atoms with Gasteiger partial charge in [-0.1, -0.05) is 36.4 Å². The van der Waals surface area contributed by atoms with Gasteiger partial charge in [0, 0.05) is 5.56 Å². The van der Waals surface area contributed by atoms with Crippen molar-refractivity contribution < 1.29 is 4.79 Å². The molecular formula is C16H16O. The van der Waals surface area contributed by atoms with E-state index in [1.54, 1.807) is 6.92 Å². The van der Waals surface area contributed by atoms with E-state index in [0.717, 1.165) is 11.1 Å². The third-order valence-corrected chi connectivity index (χ3v) is 3.18. The first-order valence-electron chi connectivity index (χ1n) is 5.77. The van der Waals surface area contributed by atoms with Gasteiger partial charge in [0.05, 0.1) is 0 Å². The molecule has 17 heavy (non-hydrogen) atoms. The standard InChI is InChI=1S/C16H16O/c1-11-6-4-9-16(12(11)2)15-8-5-7-14(10-15)13(3)17/h4-10H,1-3H3. The molecule has 1 nitrogen and oxygen atoms in total. The van der Waals surface area contributed by atoms with E-state index in [4.69, 9.17) is 0 Å². The van der Waals surface area contributed by atoms with Gasteiger partial charge in [-0.15, -0.1) is 0 Å².